The maximum Gasteiger partial charge on any atom is 0.149 e. The van der Waals surface area contributed by atoms with Crippen LogP contribution in [0.15, 0.2) is 42.5 Å². The molecule has 0 saturated carbocycles. The van der Waals surface area contributed by atoms with E-state index in [1.807, 2.05) is 6.07 Å². The van der Waals surface area contributed by atoms with Crippen LogP contribution >= 0.6 is 11.6 Å². The Labute approximate surface area is 97.7 Å². The second kappa shape index (κ2) is 4.34. The van der Waals surface area contributed by atoms with Crippen LogP contribution in [0.2, 0.25) is 5.02 Å². The number of hydrogen-bond donors (Lipinski definition) is 0. The van der Waals surface area contributed by atoms with Gasteiger partial charge >= 0.3 is 0 Å². The number of halogens is 2. The lowest BCUT2D eigenvalue weighted by Crippen LogP contribution is -1.85. The average molecular weight is 232 g/mol. The normalized spacial score (nSPS) is 9.81. The second-order valence-electron chi connectivity index (χ2n) is 3.29. The first kappa shape index (κ1) is 10.7. The summed E-state index contributed by atoms with van der Waals surface area (Å²) in [6, 6.07) is 13.6. The first-order valence-corrected chi connectivity index (χ1v) is 5.04. The molecule has 0 aromatic heterocycles. The van der Waals surface area contributed by atoms with E-state index in [9.17, 15) is 4.39 Å². The molecule has 0 bridgehead atoms. The molecule has 0 aliphatic carbocycles. The third-order valence-electron chi connectivity index (χ3n) is 2.28. The standard InChI is InChI=1S/C13H7ClFN/c14-12-3-1-2-11(13(12)15)10-6-4-9(8-16)5-7-10/h1-7H. The summed E-state index contributed by atoms with van der Waals surface area (Å²) >= 11 is 5.69. The summed E-state index contributed by atoms with van der Waals surface area (Å²) in [6.07, 6.45) is 0. The van der Waals surface area contributed by atoms with Gasteiger partial charge in [0.1, 0.15) is 5.82 Å². The Balaban J connectivity index is 2.51. The molecule has 78 valence electrons. The number of nitriles is 1. The summed E-state index contributed by atoms with van der Waals surface area (Å²) < 4.78 is 13.7. The van der Waals surface area contributed by atoms with Crippen molar-refractivity contribution in [2.75, 3.05) is 0 Å². The van der Waals surface area contributed by atoms with Gasteiger partial charge in [0.05, 0.1) is 16.7 Å². The Morgan fingerprint density at radius 3 is 2.38 bits per heavy atom. The minimum Gasteiger partial charge on any atom is -0.205 e. The van der Waals surface area contributed by atoms with Crippen LogP contribution in [0.5, 0.6) is 0 Å². The highest BCUT2D eigenvalue weighted by Crippen LogP contribution is 2.27. The van der Waals surface area contributed by atoms with Gasteiger partial charge in [-0.25, -0.2) is 4.39 Å². The van der Waals surface area contributed by atoms with Crippen LogP contribution in [0.4, 0.5) is 4.39 Å². The molecular formula is C13H7ClFN. The third-order valence-corrected chi connectivity index (χ3v) is 2.57. The Kier molecular flexibility index (Phi) is 2.89. The van der Waals surface area contributed by atoms with Crippen molar-refractivity contribution in [3.63, 3.8) is 0 Å². The van der Waals surface area contributed by atoms with Crippen LogP contribution in [0.3, 0.4) is 0 Å². The number of rotatable bonds is 1. The molecule has 16 heavy (non-hydrogen) atoms. The molecule has 0 spiro atoms. The fourth-order valence-corrected chi connectivity index (χ4v) is 1.63. The molecule has 0 unspecified atom stereocenters. The summed E-state index contributed by atoms with van der Waals surface area (Å²) in [7, 11) is 0. The van der Waals surface area contributed by atoms with Crippen molar-refractivity contribution in [2.24, 2.45) is 0 Å². The average Bonchev–Trinajstić information content (AvgIpc) is 2.33. The summed E-state index contributed by atoms with van der Waals surface area (Å²) in [6.45, 7) is 0. The Bertz CT molecular complexity index is 555. The van der Waals surface area contributed by atoms with Gasteiger partial charge in [0.25, 0.3) is 0 Å². The molecule has 0 radical (unpaired) electrons. The lowest BCUT2D eigenvalue weighted by atomic mass is 10.0. The van der Waals surface area contributed by atoms with Gasteiger partial charge < -0.3 is 0 Å². The number of nitrogens with zero attached hydrogens (tertiary/aromatic N) is 1. The van der Waals surface area contributed by atoms with Crippen LogP contribution in [0.25, 0.3) is 11.1 Å². The smallest absolute Gasteiger partial charge is 0.149 e. The molecule has 0 amide bonds. The van der Waals surface area contributed by atoms with Gasteiger partial charge in [0.2, 0.25) is 0 Å². The van der Waals surface area contributed by atoms with Crippen molar-refractivity contribution in [1.29, 1.82) is 5.26 Å². The van der Waals surface area contributed by atoms with Crippen molar-refractivity contribution in [3.8, 4) is 17.2 Å². The third kappa shape index (κ3) is 1.91. The fourth-order valence-electron chi connectivity index (χ4n) is 1.45. The SMILES string of the molecule is N#Cc1ccc(-c2cccc(Cl)c2F)cc1. The highest BCUT2D eigenvalue weighted by molar-refractivity contribution is 6.31. The zero-order valence-corrected chi connectivity index (χ0v) is 9.00. The molecule has 2 rings (SSSR count). The van der Waals surface area contributed by atoms with E-state index in [1.165, 1.54) is 6.07 Å². The first-order valence-electron chi connectivity index (χ1n) is 4.67. The van der Waals surface area contributed by atoms with Crippen molar-refractivity contribution < 1.29 is 4.39 Å². The molecule has 0 aliphatic rings. The fraction of sp³-hybridized carbons (Fsp3) is 0. The summed E-state index contributed by atoms with van der Waals surface area (Å²) in [5.74, 6) is -0.436. The maximum absolute atomic E-state index is 13.7. The van der Waals surface area contributed by atoms with E-state index in [1.54, 1.807) is 36.4 Å². The van der Waals surface area contributed by atoms with E-state index >= 15 is 0 Å². The van der Waals surface area contributed by atoms with E-state index in [4.69, 9.17) is 16.9 Å². The molecule has 0 atom stereocenters. The summed E-state index contributed by atoms with van der Waals surface area (Å²) in [5.41, 5.74) is 1.70. The Hall–Kier alpha value is -1.85. The van der Waals surface area contributed by atoms with Crippen molar-refractivity contribution in [2.45, 2.75) is 0 Å². The van der Waals surface area contributed by atoms with Gasteiger partial charge in [0.15, 0.2) is 0 Å². The maximum atomic E-state index is 13.7. The van der Waals surface area contributed by atoms with Gasteiger partial charge in [-0.3, -0.25) is 0 Å². The van der Waals surface area contributed by atoms with Crippen LogP contribution in [-0.4, -0.2) is 0 Å². The Morgan fingerprint density at radius 2 is 1.75 bits per heavy atom. The van der Waals surface area contributed by atoms with E-state index in [2.05, 4.69) is 0 Å². The monoisotopic (exact) mass is 231 g/mol. The minimum absolute atomic E-state index is 0.0989. The van der Waals surface area contributed by atoms with Crippen molar-refractivity contribution >= 4 is 11.6 Å². The zero-order valence-electron chi connectivity index (χ0n) is 8.24. The molecular weight excluding hydrogens is 225 g/mol. The molecule has 0 saturated heterocycles. The van der Waals surface area contributed by atoms with E-state index in [0.717, 1.165) is 0 Å². The van der Waals surface area contributed by atoms with Gasteiger partial charge in [0, 0.05) is 5.56 Å². The molecule has 2 aromatic carbocycles. The molecule has 0 N–H and O–H groups in total. The number of hydrogen-bond acceptors (Lipinski definition) is 1. The van der Waals surface area contributed by atoms with Gasteiger partial charge in [-0.05, 0) is 23.8 Å². The predicted octanol–water partition coefficient (Wildman–Crippen LogP) is 4.02. The van der Waals surface area contributed by atoms with Crippen LogP contribution < -0.4 is 0 Å². The van der Waals surface area contributed by atoms with E-state index in [-0.39, 0.29) is 5.02 Å². The van der Waals surface area contributed by atoms with Crippen molar-refractivity contribution in [1.82, 2.24) is 0 Å². The lowest BCUT2D eigenvalue weighted by molar-refractivity contribution is 0.632. The zero-order chi connectivity index (χ0) is 11.5. The van der Waals surface area contributed by atoms with Crippen molar-refractivity contribution in [3.05, 3.63) is 58.9 Å². The van der Waals surface area contributed by atoms with E-state index in [0.29, 0.717) is 16.7 Å². The second-order valence-corrected chi connectivity index (χ2v) is 3.70. The molecule has 1 nitrogen and oxygen atoms in total. The van der Waals surface area contributed by atoms with Gasteiger partial charge in [-0.1, -0.05) is 35.9 Å². The largest absolute Gasteiger partial charge is 0.205 e. The number of benzene rings is 2. The first-order chi connectivity index (χ1) is 7.72. The highest BCUT2D eigenvalue weighted by atomic mass is 35.5. The van der Waals surface area contributed by atoms with Crippen LogP contribution in [0, 0.1) is 17.1 Å². The molecule has 0 heterocycles. The Morgan fingerprint density at radius 1 is 1.06 bits per heavy atom. The minimum atomic E-state index is -0.436. The molecule has 0 aliphatic heterocycles. The quantitative estimate of drug-likeness (QED) is 0.727. The van der Waals surface area contributed by atoms with Gasteiger partial charge in [-0.15, -0.1) is 0 Å². The summed E-state index contributed by atoms with van der Waals surface area (Å²) in [4.78, 5) is 0. The topological polar surface area (TPSA) is 23.8 Å². The predicted molar refractivity (Wildman–Crippen MR) is 61.6 cm³/mol. The summed E-state index contributed by atoms with van der Waals surface area (Å²) in [5, 5.41) is 8.75. The molecule has 2 aromatic rings. The van der Waals surface area contributed by atoms with E-state index < -0.39 is 5.82 Å². The van der Waals surface area contributed by atoms with Gasteiger partial charge in [-0.2, -0.15) is 5.26 Å². The molecule has 0 fully saturated rings. The van der Waals surface area contributed by atoms with Crippen LogP contribution in [0.1, 0.15) is 5.56 Å². The highest BCUT2D eigenvalue weighted by Gasteiger charge is 2.07. The molecule has 3 heteroatoms. The van der Waals surface area contributed by atoms with Crippen LogP contribution in [-0.2, 0) is 0 Å². The lowest BCUT2D eigenvalue weighted by Gasteiger charge is -2.04.